The first-order chi connectivity index (χ1) is 14.4. The van der Waals surface area contributed by atoms with Crippen molar-refractivity contribution in [3.8, 4) is 5.75 Å². The van der Waals surface area contributed by atoms with Gasteiger partial charge in [-0.3, -0.25) is 4.79 Å². The molecule has 2 atom stereocenters. The second-order valence-electron chi connectivity index (χ2n) is 7.41. The quantitative estimate of drug-likeness (QED) is 0.648. The molecule has 30 heavy (non-hydrogen) atoms. The SMILES string of the molecule is CCCCNC(=O)[C@H]1CN(S(=O)(=O)c2ccc(OC)cc2)C[C@H]1c1ccc(F)cc1. The summed E-state index contributed by atoms with van der Waals surface area (Å²) in [5.74, 6) is -0.873. The highest BCUT2D eigenvalue weighted by Gasteiger charge is 2.43. The summed E-state index contributed by atoms with van der Waals surface area (Å²) in [5.41, 5.74) is 0.750. The molecule has 3 rings (SSSR count). The average Bonchev–Trinajstić information content (AvgIpc) is 3.21. The molecule has 0 aromatic heterocycles. The standard InChI is InChI=1S/C22H27FN2O4S/c1-3-4-13-24-22(26)21-15-25(14-20(21)16-5-7-17(23)8-6-16)30(27,28)19-11-9-18(29-2)10-12-19/h5-12,20-21H,3-4,13-15H2,1-2H3,(H,24,26)/t20-,21-/m0/s1. The Balaban J connectivity index is 1.87. The van der Waals surface area contributed by atoms with E-state index in [1.54, 1.807) is 24.3 Å². The third-order valence-corrected chi connectivity index (χ3v) is 7.29. The van der Waals surface area contributed by atoms with Crippen LogP contribution in [0.4, 0.5) is 4.39 Å². The van der Waals surface area contributed by atoms with Crippen LogP contribution < -0.4 is 10.1 Å². The van der Waals surface area contributed by atoms with Gasteiger partial charge < -0.3 is 10.1 Å². The summed E-state index contributed by atoms with van der Waals surface area (Å²) in [7, 11) is -2.27. The minimum atomic E-state index is -3.78. The van der Waals surface area contributed by atoms with Gasteiger partial charge in [-0.1, -0.05) is 25.5 Å². The number of ether oxygens (including phenoxy) is 1. The minimum absolute atomic E-state index is 0.0777. The molecule has 1 aliphatic heterocycles. The van der Waals surface area contributed by atoms with Crippen LogP contribution in [-0.2, 0) is 14.8 Å². The van der Waals surface area contributed by atoms with Crippen LogP contribution >= 0.6 is 0 Å². The Morgan fingerprint density at radius 3 is 2.40 bits per heavy atom. The van der Waals surface area contributed by atoms with E-state index < -0.39 is 15.9 Å². The first-order valence-corrected chi connectivity index (χ1v) is 11.5. The van der Waals surface area contributed by atoms with Crippen molar-refractivity contribution in [2.75, 3.05) is 26.7 Å². The van der Waals surface area contributed by atoms with Crippen LogP contribution in [0.25, 0.3) is 0 Å². The molecular formula is C22H27FN2O4S. The number of amides is 1. The summed E-state index contributed by atoms with van der Waals surface area (Å²) in [6, 6.07) is 12.1. The van der Waals surface area contributed by atoms with Crippen LogP contribution in [-0.4, -0.2) is 45.4 Å². The lowest BCUT2D eigenvalue weighted by atomic mass is 9.88. The highest BCUT2D eigenvalue weighted by molar-refractivity contribution is 7.89. The average molecular weight is 435 g/mol. The maximum Gasteiger partial charge on any atom is 0.243 e. The lowest BCUT2D eigenvalue weighted by Gasteiger charge is -2.18. The van der Waals surface area contributed by atoms with E-state index in [1.807, 2.05) is 6.92 Å². The molecule has 6 nitrogen and oxygen atoms in total. The number of hydrogen-bond acceptors (Lipinski definition) is 4. The van der Waals surface area contributed by atoms with E-state index in [2.05, 4.69) is 5.32 Å². The van der Waals surface area contributed by atoms with Gasteiger partial charge in [0.15, 0.2) is 0 Å². The Kier molecular flexibility index (Phi) is 7.10. The van der Waals surface area contributed by atoms with Gasteiger partial charge in [-0.25, -0.2) is 12.8 Å². The molecule has 1 N–H and O–H groups in total. The molecule has 1 amide bonds. The number of carbonyl (C=O) groups excluding carboxylic acids is 1. The summed E-state index contributed by atoms with van der Waals surface area (Å²) >= 11 is 0. The van der Waals surface area contributed by atoms with Crippen LogP contribution in [0.3, 0.4) is 0 Å². The van der Waals surface area contributed by atoms with Gasteiger partial charge in [0.05, 0.1) is 17.9 Å². The van der Waals surface area contributed by atoms with E-state index in [9.17, 15) is 17.6 Å². The largest absolute Gasteiger partial charge is 0.497 e. The third-order valence-electron chi connectivity index (χ3n) is 5.45. The lowest BCUT2D eigenvalue weighted by Crippen LogP contribution is -2.36. The minimum Gasteiger partial charge on any atom is -0.497 e. The van der Waals surface area contributed by atoms with Crippen molar-refractivity contribution in [1.29, 1.82) is 0 Å². The summed E-state index contributed by atoms with van der Waals surface area (Å²) in [5, 5.41) is 2.91. The van der Waals surface area contributed by atoms with E-state index in [-0.39, 0.29) is 35.6 Å². The molecule has 2 aromatic carbocycles. The number of sulfonamides is 1. The predicted molar refractivity (Wildman–Crippen MR) is 112 cm³/mol. The Hall–Kier alpha value is -2.45. The number of hydrogen-bond donors (Lipinski definition) is 1. The van der Waals surface area contributed by atoms with Crippen LogP contribution in [0.15, 0.2) is 53.4 Å². The molecule has 1 saturated heterocycles. The smallest absolute Gasteiger partial charge is 0.243 e. The Morgan fingerprint density at radius 1 is 1.13 bits per heavy atom. The van der Waals surface area contributed by atoms with Gasteiger partial charge in [-0.05, 0) is 48.4 Å². The first-order valence-electron chi connectivity index (χ1n) is 10.0. The topological polar surface area (TPSA) is 75.7 Å². The van der Waals surface area contributed by atoms with Crippen LogP contribution in [0.5, 0.6) is 5.75 Å². The number of nitrogens with zero attached hydrogens (tertiary/aromatic N) is 1. The molecule has 0 unspecified atom stereocenters. The molecule has 162 valence electrons. The van der Waals surface area contributed by atoms with Gasteiger partial charge in [-0.2, -0.15) is 4.31 Å². The third kappa shape index (κ3) is 4.82. The second kappa shape index (κ2) is 9.57. The molecule has 0 radical (unpaired) electrons. The predicted octanol–water partition coefficient (Wildman–Crippen LogP) is 3.15. The van der Waals surface area contributed by atoms with Crippen molar-refractivity contribution >= 4 is 15.9 Å². The number of rotatable bonds is 8. The highest BCUT2D eigenvalue weighted by atomic mass is 32.2. The fraction of sp³-hybridized carbons (Fsp3) is 0.409. The van der Waals surface area contributed by atoms with Crippen LogP contribution in [0, 0.1) is 11.7 Å². The fourth-order valence-electron chi connectivity index (χ4n) is 3.69. The number of benzene rings is 2. The first kappa shape index (κ1) is 22.2. The van der Waals surface area contributed by atoms with E-state index in [1.165, 1.54) is 35.7 Å². The van der Waals surface area contributed by atoms with Crippen molar-refractivity contribution < 1.29 is 22.3 Å². The van der Waals surface area contributed by atoms with E-state index in [0.29, 0.717) is 12.3 Å². The number of nitrogens with one attached hydrogen (secondary N) is 1. The number of unbranched alkanes of at least 4 members (excludes halogenated alkanes) is 1. The van der Waals surface area contributed by atoms with Gasteiger partial charge in [0, 0.05) is 25.6 Å². The lowest BCUT2D eigenvalue weighted by molar-refractivity contribution is -0.124. The maximum absolute atomic E-state index is 13.4. The number of halogens is 1. The molecule has 0 aliphatic carbocycles. The van der Waals surface area contributed by atoms with Gasteiger partial charge in [0.25, 0.3) is 0 Å². The molecule has 0 bridgehead atoms. The molecule has 1 aliphatic rings. The van der Waals surface area contributed by atoms with Gasteiger partial charge in [-0.15, -0.1) is 0 Å². The Morgan fingerprint density at radius 2 is 1.80 bits per heavy atom. The van der Waals surface area contributed by atoms with Crippen molar-refractivity contribution in [3.63, 3.8) is 0 Å². The summed E-state index contributed by atoms with van der Waals surface area (Å²) < 4.78 is 46.2. The normalized spacial score (nSPS) is 19.6. The second-order valence-corrected chi connectivity index (χ2v) is 9.34. The molecule has 0 spiro atoms. The van der Waals surface area contributed by atoms with Crippen LogP contribution in [0.1, 0.15) is 31.2 Å². The zero-order chi connectivity index (χ0) is 21.7. The molecule has 1 heterocycles. The molecule has 1 fully saturated rings. The van der Waals surface area contributed by atoms with Gasteiger partial charge >= 0.3 is 0 Å². The monoisotopic (exact) mass is 434 g/mol. The fourth-order valence-corrected chi connectivity index (χ4v) is 5.19. The summed E-state index contributed by atoms with van der Waals surface area (Å²) in [6.07, 6.45) is 1.80. The summed E-state index contributed by atoms with van der Waals surface area (Å²) in [6.45, 7) is 2.82. The Bertz CT molecular complexity index is 962. The van der Waals surface area contributed by atoms with Gasteiger partial charge in [0.1, 0.15) is 11.6 Å². The molecule has 2 aromatic rings. The van der Waals surface area contributed by atoms with Crippen molar-refractivity contribution in [2.45, 2.75) is 30.6 Å². The van der Waals surface area contributed by atoms with Crippen molar-refractivity contribution in [3.05, 3.63) is 59.9 Å². The van der Waals surface area contributed by atoms with E-state index in [4.69, 9.17) is 4.74 Å². The molecular weight excluding hydrogens is 407 g/mol. The van der Waals surface area contributed by atoms with Crippen LogP contribution in [0.2, 0.25) is 0 Å². The zero-order valence-corrected chi connectivity index (χ0v) is 18.0. The number of carbonyl (C=O) groups is 1. The maximum atomic E-state index is 13.4. The van der Waals surface area contributed by atoms with Crippen molar-refractivity contribution in [2.24, 2.45) is 5.92 Å². The highest BCUT2D eigenvalue weighted by Crippen LogP contribution is 2.36. The van der Waals surface area contributed by atoms with Crippen molar-refractivity contribution in [1.82, 2.24) is 9.62 Å². The van der Waals surface area contributed by atoms with Gasteiger partial charge in [0.2, 0.25) is 15.9 Å². The summed E-state index contributed by atoms with van der Waals surface area (Å²) in [4.78, 5) is 13.0. The Labute approximate surface area is 177 Å². The zero-order valence-electron chi connectivity index (χ0n) is 17.2. The molecule has 8 heteroatoms. The van der Waals surface area contributed by atoms with E-state index in [0.717, 1.165) is 18.4 Å². The number of methoxy groups -OCH3 is 1. The molecule has 0 saturated carbocycles. The van der Waals surface area contributed by atoms with E-state index >= 15 is 0 Å².